The molecule has 1 aromatic heterocycles. The number of para-hydroxylation sites is 1. The zero-order valence-electron chi connectivity index (χ0n) is 14.0. The smallest absolute Gasteiger partial charge is 0.274 e. The number of nitrogens with zero attached hydrogens (tertiary/aromatic N) is 2. The molecule has 3 rings (SSSR count). The monoisotopic (exact) mass is 390 g/mol. The van der Waals surface area contributed by atoms with Crippen LogP contribution in [0.25, 0.3) is 0 Å². The molecule has 0 saturated heterocycles. The Labute approximate surface area is 158 Å². The van der Waals surface area contributed by atoms with E-state index in [0.29, 0.717) is 16.5 Å². The van der Waals surface area contributed by atoms with E-state index in [2.05, 4.69) is 20.6 Å². The van der Waals surface area contributed by atoms with Crippen molar-refractivity contribution in [3.8, 4) is 5.75 Å². The van der Waals surface area contributed by atoms with Crippen molar-refractivity contribution in [2.45, 2.75) is 0 Å². The van der Waals surface area contributed by atoms with Crippen LogP contribution in [0.3, 0.4) is 0 Å². The van der Waals surface area contributed by atoms with Gasteiger partial charge in [-0.2, -0.15) is 0 Å². The van der Waals surface area contributed by atoms with Gasteiger partial charge in [-0.15, -0.1) is 0 Å². The summed E-state index contributed by atoms with van der Waals surface area (Å²) in [5, 5.41) is 5.59. The number of benzene rings is 2. The summed E-state index contributed by atoms with van der Waals surface area (Å²) in [6, 6.07) is 9.55. The van der Waals surface area contributed by atoms with Crippen LogP contribution in [0.15, 0.2) is 48.8 Å². The van der Waals surface area contributed by atoms with Gasteiger partial charge < -0.3 is 15.4 Å². The lowest BCUT2D eigenvalue weighted by Gasteiger charge is -2.11. The van der Waals surface area contributed by atoms with Crippen molar-refractivity contribution in [2.75, 3.05) is 17.7 Å². The Balaban J connectivity index is 1.83. The summed E-state index contributed by atoms with van der Waals surface area (Å²) >= 11 is 5.98. The molecule has 9 heteroatoms. The maximum atomic E-state index is 13.7. The maximum Gasteiger partial charge on any atom is 0.274 e. The molecule has 1 heterocycles. The van der Waals surface area contributed by atoms with Crippen LogP contribution >= 0.6 is 11.6 Å². The van der Waals surface area contributed by atoms with Crippen LogP contribution in [0, 0.1) is 11.6 Å². The van der Waals surface area contributed by atoms with E-state index >= 15 is 0 Å². The summed E-state index contributed by atoms with van der Waals surface area (Å²) in [6.45, 7) is 0. The topological polar surface area (TPSA) is 76.1 Å². The van der Waals surface area contributed by atoms with Gasteiger partial charge in [-0.25, -0.2) is 18.7 Å². The van der Waals surface area contributed by atoms with Gasteiger partial charge in [0.15, 0.2) is 0 Å². The summed E-state index contributed by atoms with van der Waals surface area (Å²) in [5.74, 6) is -1.79. The number of hydrogen-bond donors (Lipinski definition) is 2. The zero-order valence-corrected chi connectivity index (χ0v) is 14.7. The molecule has 0 bridgehead atoms. The first-order valence-corrected chi connectivity index (χ1v) is 8.03. The van der Waals surface area contributed by atoms with E-state index in [9.17, 15) is 13.6 Å². The van der Waals surface area contributed by atoms with Crippen molar-refractivity contribution in [1.82, 2.24) is 9.97 Å². The van der Waals surface area contributed by atoms with Gasteiger partial charge in [0.25, 0.3) is 5.91 Å². The normalized spacial score (nSPS) is 10.4. The fourth-order valence-corrected chi connectivity index (χ4v) is 2.43. The predicted molar refractivity (Wildman–Crippen MR) is 97.6 cm³/mol. The summed E-state index contributed by atoms with van der Waals surface area (Å²) in [5.41, 5.74) is -0.113. The zero-order chi connectivity index (χ0) is 19.4. The summed E-state index contributed by atoms with van der Waals surface area (Å²) in [4.78, 5) is 20.1. The molecule has 3 aromatic rings. The fraction of sp³-hybridized carbons (Fsp3) is 0.0556. The molecule has 0 aliphatic carbocycles. The van der Waals surface area contributed by atoms with E-state index in [-0.39, 0.29) is 11.5 Å². The first-order chi connectivity index (χ1) is 13.0. The number of amides is 1. The van der Waals surface area contributed by atoms with Crippen molar-refractivity contribution in [3.63, 3.8) is 0 Å². The van der Waals surface area contributed by atoms with Gasteiger partial charge >= 0.3 is 0 Å². The van der Waals surface area contributed by atoms with Gasteiger partial charge in [-0.3, -0.25) is 4.79 Å². The largest absolute Gasteiger partial charge is 0.495 e. The van der Waals surface area contributed by atoms with Gasteiger partial charge in [0.1, 0.15) is 40.9 Å². The molecule has 2 aromatic carbocycles. The van der Waals surface area contributed by atoms with Crippen LogP contribution in [0.2, 0.25) is 5.02 Å². The van der Waals surface area contributed by atoms with Crippen LogP contribution in [0.1, 0.15) is 10.5 Å². The first kappa shape index (κ1) is 18.5. The van der Waals surface area contributed by atoms with Gasteiger partial charge in [0, 0.05) is 11.1 Å². The highest BCUT2D eigenvalue weighted by Gasteiger charge is 2.15. The number of halogens is 3. The van der Waals surface area contributed by atoms with Crippen LogP contribution in [-0.2, 0) is 0 Å². The molecule has 2 N–H and O–H groups in total. The predicted octanol–water partition coefficient (Wildman–Crippen LogP) is 4.41. The number of nitrogens with one attached hydrogen (secondary N) is 2. The minimum absolute atomic E-state index is 0.0869. The molecule has 1 amide bonds. The molecule has 0 aliphatic heterocycles. The molecule has 138 valence electrons. The SMILES string of the molecule is COc1ccc(Cl)cc1Nc1cc(C(=O)Nc2c(F)cccc2F)ncn1. The number of hydrogen-bond acceptors (Lipinski definition) is 5. The molecular formula is C18H13ClF2N4O2. The third kappa shape index (κ3) is 4.29. The highest BCUT2D eigenvalue weighted by atomic mass is 35.5. The summed E-state index contributed by atoms with van der Waals surface area (Å²) < 4.78 is 32.6. The van der Waals surface area contributed by atoms with Crippen molar-refractivity contribution in [3.05, 3.63) is 71.1 Å². The van der Waals surface area contributed by atoms with Crippen molar-refractivity contribution in [1.29, 1.82) is 0 Å². The number of anilines is 3. The minimum atomic E-state index is -0.889. The van der Waals surface area contributed by atoms with Gasteiger partial charge in [-0.05, 0) is 30.3 Å². The lowest BCUT2D eigenvalue weighted by atomic mass is 10.2. The fourth-order valence-electron chi connectivity index (χ4n) is 2.26. The van der Waals surface area contributed by atoms with E-state index in [1.165, 1.54) is 19.2 Å². The number of methoxy groups -OCH3 is 1. The minimum Gasteiger partial charge on any atom is -0.495 e. The Morgan fingerprint density at radius 3 is 2.56 bits per heavy atom. The number of ether oxygens (including phenoxy) is 1. The second-order valence-corrected chi connectivity index (χ2v) is 5.75. The molecule has 0 unspecified atom stereocenters. The molecule has 0 saturated carbocycles. The van der Waals surface area contributed by atoms with Crippen LogP contribution in [0.5, 0.6) is 5.75 Å². The van der Waals surface area contributed by atoms with Gasteiger partial charge in [0.2, 0.25) is 0 Å². The molecule has 0 spiro atoms. The van der Waals surface area contributed by atoms with E-state index in [4.69, 9.17) is 16.3 Å². The standard InChI is InChI=1S/C18H13ClF2N4O2/c1-27-15-6-5-10(19)7-13(15)24-16-8-14(22-9-23-16)18(26)25-17-11(20)3-2-4-12(17)21/h2-9H,1H3,(H,25,26)(H,22,23,24). The quantitative estimate of drug-likeness (QED) is 0.674. The summed E-state index contributed by atoms with van der Waals surface area (Å²) in [6.07, 6.45) is 1.14. The Hall–Kier alpha value is -3.26. The van der Waals surface area contributed by atoms with Crippen LogP contribution in [-0.4, -0.2) is 23.0 Å². The number of carbonyl (C=O) groups excluding carboxylic acids is 1. The lowest BCUT2D eigenvalue weighted by Crippen LogP contribution is -2.16. The highest BCUT2D eigenvalue weighted by Crippen LogP contribution is 2.30. The molecule has 27 heavy (non-hydrogen) atoms. The average molecular weight is 391 g/mol. The van der Waals surface area contributed by atoms with Gasteiger partial charge in [-0.1, -0.05) is 17.7 Å². The second kappa shape index (κ2) is 7.96. The number of aromatic nitrogens is 2. The Morgan fingerprint density at radius 1 is 1.11 bits per heavy atom. The molecule has 6 nitrogen and oxygen atoms in total. The molecule has 0 radical (unpaired) electrons. The van der Waals surface area contributed by atoms with E-state index < -0.39 is 23.2 Å². The summed E-state index contributed by atoms with van der Waals surface area (Å²) in [7, 11) is 1.50. The van der Waals surface area contributed by atoms with E-state index in [0.717, 1.165) is 18.5 Å². The third-order valence-electron chi connectivity index (χ3n) is 3.53. The Bertz CT molecular complexity index is 981. The third-order valence-corrected chi connectivity index (χ3v) is 3.76. The Morgan fingerprint density at radius 2 is 1.85 bits per heavy atom. The highest BCUT2D eigenvalue weighted by molar-refractivity contribution is 6.31. The molecular weight excluding hydrogens is 378 g/mol. The van der Waals surface area contributed by atoms with E-state index in [1.54, 1.807) is 18.2 Å². The van der Waals surface area contributed by atoms with Crippen LogP contribution in [0.4, 0.5) is 26.0 Å². The van der Waals surface area contributed by atoms with E-state index in [1.807, 2.05) is 0 Å². The van der Waals surface area contributed by atoms with Crippen molar-refractivity contribution >= 4 is 34.7 Å². The first-order valence-electron chi connectivity index (χ1n) is 7.66. The number of carbonyl (C=O) groups is 1. The molecule has 0 fully saturated rings. The maximum absolute atomic E-state index is 13.7. The van der Waals surface area contributed by atoms with Gasteiger partial charge in [0.05, 0.1) is 12.8 Å². The van der Waals surface area contributed by atoms with Crippen molar-refractivity contribution in [2.24, 2.45) is 0 Å². The number of rotatable bonds is 5. The molecule has 0 atom stereocenters. The Kier molecular flexibility index (Phi) is 5.46. The lowest BCUT2D eigenvalue weighted by molar-refractivity contribution is 0.102. The van der Waals surface area contributed by atoms with Crippen LogP contribution < -0.4 is 15.4 Å². The molecule has 0 aliphatic rings. The van der Waals surface area contributed by atoms with Crippen molar-refractivity contribution < 1.29 is 18.3 Å². The second-order valence-electron chi connectivity index (χ2n) is 5.31. The average Bonchev–Trinajstić information content (AvgIpc) is 2.65.